The Kier molecular flexibility index (Phi) is 5.29. The van der Waals surface area contributed by atoms with Gasteiger partial charge in [-0.15, -0.1) is 0 Å². The Labute approximate surface area is 129 Å². The highest BCUT2D eigenvalue weighted by Gasteiger charge is 2.17. The average Bonchev–Trinajstić information content (AvgIpc) is 3.00. The molecule has 0 spiro atoms. The van der Waals surface area contributed by atoms with Gasteiger partial charge in [0.2, 0.25) is 10.0 Å². The summed E-state index contributed by atoms with van der Waals surface area (Å²) >= 11 is 0. The summed E-state index contributed by atoms with van der Waals surface area (Å²) in [6.07, 6.45) is 5.77. The van der Waals surface area contributed by atoms with Crippen LogP contribution in [0.3, 0.4) is 0 Å². The summed E-state index contributed by atoms with van der Waals surface area (Å²) in [6.45, 7) is 0.566. The molecule has 2 rings (SSSR count). The van der Waals surface area contributed by atoms with E-state index in [2.05, 4.69) is 10.3 Å². The number of hydrogen-bond donors (Lipinski definition) is 1. The van der Waals surface area contributed by atoms with Gasteiger partial charge in [-0.1, -0.05) is 6.07 Å². The Balaban J connectivity index is 1.92. The smallest absolute Gasteiger partial charge is 0.287 e. The largest absolute Gasteiger partial charge is 0.459 e. The molecule has 0 aliphatic rings. The molecule has 0 aliphatic carbocycles. The third kappa shape index (κ3) is 4.68. The third-order valence-corrected chi connectivity index (χ3v) is 4.19. The normalized spacial score (nSPS) is 11.5. The molecule has 2 aromatic rings. The molecule has 0 aromatic carbocycles. The summed E-state index contributed by atoms with van der Waals surface area (Å²) < 4.78 is 29.9. The molecular weight excluding hydrogens is 306 g/mol. The number of carbonyl (C=O) groups excluding carboxylic acids is 1. The van der Waals surface area contributed by atoms with E-state index in [1.807, 2.05) is 0 Å². The predicted molar refractivity (Wildman–Crippen MR) is 80.5 cm³/mol. The predicted octanol–water partition coefficient (Wildman–Crippen LogP) is 0.866. The number of hydrogen-bond acceptors (Lipinski definition) is 5. The lowest BCUT2D eigenvalue weighted by Gasteiger charge is -2.19. The lowest BCUT2D eigenvalue weighted by atomic mass is 10.3. The van der Waals surface area contributed by atoms with Crippen molar-refractivity contribution in [3.63, 3.8) is 0 Å². The number of aromatic nitrogens is 1. The molecule has 1 amide bonds. The maximum atomic E-state index is 11.8. The van der Waals surface area contributed by atoms with Gasteiger partial charge in [-0.2, -0.15) is 4.31 Å². The van der Waals surface area contributed by atoms with Crippen molar-refractivity contribution in [1.82, 2.24) is 14.6 Å². The van der Waals surface area contributed by atoms with Crippen LogP contribution in [0.1, 0.15) is 16.1 Å². The second-order valence-electron chi connectivity index (χ2n) is 4.69. The van der Waals surface area contributed by atoms with E-state index in [0.717, 1.165) is 11.8 Å². The van der Waals surface area contributed by atoms with Crippen molar-refractivity contribution < 1.29 is 17.6 Å². The van der Waals surface area contributed by atoms with Crippen LogP contribution in [0.15, 0.2) is 47.3 Å². The van der Waals surface area contributed by atoms with E-state index in [0.29, 0.717) is 0 Å². The minimum absolute atomic E-state index is 0.167. The number of nitrogens with zero attached hydrogens (tertiary/aromatic N) is 2. The number of nitrogens with one attached hydrogen (secondary N) is 1. The molecule has 0 bridgehead atoms. The fourth-order valence-corrected chi connectivity index (χ4v) is 2.65. The second-order valence-corrected chi connectivity index (χ2v) is 6.67. The molecule has 8 heteroatoms. The van der Waals surface area contributed by atoms with Crippen LogP contribution in [-0.4, -0.2) is 43.0 Å². The Morgan fingerprint density at radius 2 is 2.18 bits per heavy atom. The van der Waals surface area contributed by atoms with Crippen molar-refractivity contribution in [2.24, 2.45) is 0 Å². The zero-order valence-electron chi connectivity index (χ0n) is 12.1. The fraction of sp³-hybridized carbons (Fsp3) is 0.286. The number of sulfonamides is 1. The Morgan fingerprint density at radius 1 is 1.36 bits per heavy atom. The monoisotopic (exact) mass is 323 g/mol. The molecule has 2 aromatic heterocycles. The molecule has 2 heterocycles. The van der Waals surface area contributed by atoms with Crippen LogP contribution in [0.5, 0.6) is 0 Å². The summed E-state index contributed by atoms with van der Waals surface area (Å²) in [5.41, 5.74) is 0.783. The number of pyridine rings is 1. The van der Waals surface area contributed by atoms with Crippen molar-refractivity contribution >= 4 is 15.9 Å². The van der Waals surface area contributed by atoms with Crippen molar-refractivity contribution in [3.8, 4) is 0 Å². The van der Waals surface area contributed by atoms with Crippen LogP contribution in [-0.2, 0) is 16.6 Å². The van der Waals surface area contributed by atoms with Gasteiger partial charge < -0.3 is 9.73 Å². The van der Waals surface area contributed by atoms with E-state index >= 15 is 0 Å². The van der Waals surface area contributed by atoms with Crippen molar-refractivity contribution in [2.75, 3.05) is 19.3 Å². The summed E-state index contributed by atoms with van der Waals surface area (Å²) in [5, 5.41) is 2.62. The van der Waals surface area contributed by atoms with Crippen LogP contribution in [0, 0.1) is 0 Å². The van der Waals surface area contributed by atoms with Crippen LogP contribution in [0.2, 0.25) is 0 Å². The van der Waals surface area contributed by atoms with Crippen molar-refractivity contribution in [3.05, 3.63) is 54.2 Å². The van der Waals surface area contributed by atoms with Crippen LogP contribution >= 0.6 is 0 Å². The van der Waals surface area contributed by atoms with Gasteiger partial charge in [-0.05, 0) is 23.8 Å². The lowest BCUT2D eigenvalue weighted by molar-refractivity contribution is 0.0924. The van der Waals surface area contributed by atoms with Gasteiger partial charge in [0.05, 0.1) is 12.5 Å². The molecule has 1 N–H and O–H groups in total. The van der Waals surface area contributed by atoms with Gasteiger partial charge >= 0.3 is 0 Å². The molecule has 22 heavy (non-hydrogen) atoms. The standard InChI is InChI=1S/C14H17N3O4S/c1-22(19,20)17(11-12-4-2-6-15-10-12)8-7-16-14(18)13-5-3-9-21-13/h2-6,9-10H,7-8,11H2,1H3,(H,16,18). The quantitative estimate of drug-likeness (QED) is 0.816. The van der Waals surface area contributed by atoms with Gasteiger partial charge in [0, 0.05) is 32.0 Å². The molecule has 0 saturated carbocycles. The molecule has 0 radical (unpaired) electrons. The first kappa shape index (κ1) is 16.2. The highest BCUT2D eigenvalue weighted by atomic mass is 32.2. The fourth-order valence-electron chi connectivity index (χ4n) is 1.85. The topological polar surface area (TPSA) is 92.5 Å². The first-order chi connectivity index (χ1) is 10.5. The second kappa shape index (κ2) is 7.19. The van der Waals surface area contributed by atoms with Gasteiger partial charge in [0.25, 0.3) is 5.91 Å². The molecule has 0 fully saturated rings. The third-order valence-electron chi connectivity index (χ3n) is 2.94. The van der Waals surface area contributed by atoms with Gasteiger partial charge in [0.15, 0.2) is 5.76 Å². The minimum Gasteiger partial charge on any atom is -0.459 e. The van der Waals surface area contributed by atoms with E-state index in [9.17, 15) is 13.2 Å². The number of furan rings is 1. The van der Waals surface area contributed by atoms with E-state index in [4.69, 9.17) is 4.42 Å². The van der Waals surface area contributed by atoms with Crippen LogP contribution in [0.4, 0.5) is 0 Å². The summed E-state index contributed by atoms with van der Waals surface area (Å²) in [4.78, 5) is 15.7. The van der Waals surface area contributed by atoms with Gasteiger partial charge in [0.1, 0.15) is 0 Å². The number of carbonyl (C=O) groups is 1. The van der Waals surface area contributed by atoms with Crippen LogP contribution < -0.4 is 5.32 Å². The first-order valence-electron chi connectivity index (χ1n) is 6.62. The molecule has 7 nitrogen and oxygen atoms in total. The maximum absolute atomic E-state index is 11.8. The Bertz CT molecular complexity index is 699. The number of amides is 1. The first-order valence-corrected chi connectivity index (χ1v) is 8.47. The summed E-state index contributed by atoms with van der Waals surface area (Å²) in [6, 6.07) is 6.69. The Morgan fingerprint density at radius 3 is 2.77 bits per heavy atom. The molecule has 0 saturated heterocycles. The van der Waals surface area contributed by atoms with Crippen molar-refractivity contribution in [2.45, 2.75) is 6.54 Å². The van der Waals surface area contributed by atoms with Crippen LogP contribution in [0.25, 0.3) is 0 Å². The summed E-state index contributed by atoms with van der Waals surface area (Å²) in [7, 11) is -3.38. The zero-order chi connectivity index (χ0) is 16.0. The van der Waals surface area contributed by atoms with E-state index in [-0.39, 0.29) is 31.3 Å². The number of rotatable bonds is 7. The van der Waals surface area contributed by atoms with E-state index in [1.165, 1.54) is 10.6 Å². The Hall–Kier alpha value is -2.19. The highest BCUT2D eigenvalue weighted by molar-refractivity contribution is 7.88. The molecule has 0 unspecified atom stereocenters. The lowest BCUT2D eigenvalue weighted by Crippen LogP contribution is -2.37. The van der Waals surface area contributed by atoms with Gasteiger partial charge in [-0.25, -0.2) is 8.42 Å². The summed E-state index contributed by atoms with van der Waals surface area (Å²) in [5.74, 6) is -0.182. The van der Waals surface area contributed by atoms with E-state index < -0.39 is 10.0 Å². The van der Waals surface area contributed by atoms with Crippen molar-refractivity contribution in [1.29, 1.82) is 0 Å². The average molecular weight is 323 g/mol. The molecule has 118 valence electrons. The minimum atomic E-state index is -3.38. The van der Waals surface area contributed by atoms with E-state index in [1.54, 1.807) is 36.7 Å². The molecular formula is C14H17N3O4S. The van der Waals surface area contributed by atoms with Gasteiger partial charge in [-0.3, -0.25) is 9.78 Å². The molecule has 0 atom stereocenters. The highest BCUT2D eigenvalue weighted by Crippen LogP contribution is 2.06. The zero-order valence-corrected chi connectivity index (χ0v) is 12.9. The SMILES string of the molecule is CS(=O)(=O)N(CCNC(=O)c1ccco1)Cc1cccnc1. The maximum Gasteiger partial charge on any atom is 0.287 e. The molecule has 0 aliphatic heterocycles.